The maximum atomic E-state index is 12.0. The average Bonchev–Trinajstić information content (AvgIpc) is 2.82. The number of benzene rings is 1. The van der Waals surface area contributed by atoms with E-state index >= 15 is 0 Å². The molecule has 106 valence electrons. The lowest BCUT2D eigenvalue weighted by atomic mass is 10.1. The number of nitrogens with one attached hydrogen (secondary N) is 1. The summed E-state index contributed by atoms with van der Waals surface area (Å²) in [6, 6.07) is 7.86. The van der Waals surface area contributed by atoms with Gasteiger partial charge in [0.1, 0.15) is 0 Å². The lowest BCUT2D eigenvalue weighted by Crippen LogP contribution is -2.21. The molecule has 1 aromatic heterocycles. The Labute approximate surface area is 131 Å². The Balaban J connectivity index is 2.14. The van der Waals surface area contributed by atoms with Gasteiger partial charge in [-0.25, -0.2) is 0 Å². The summed E-state index contributed by atoms with van der Waals surface area (Å²) in [7, 11) is 3.52. The molecule has 0 bridgehead atoms. The molecule has 0 saturated carbocycles. The fourth-order valence-corrected chi connectivity index (χ4v) is 3.22. The lowest BCUT2D eigenvalue weighted by Gasteiger charge is -2.14. The van der Waals surface area contributed by atoms with Gasteiger partial charge in [0.15, 0.2) is 0 Å². The molecule has 5 heteroatoms. The van der Waals surface area contributed by atoms with Gasteiger partial charge in [0.2, 0.25) is 0 Å². The smallest absolute Gasteiger partial charge is 0.253 e. The Morgan fingerprint density at radius 2 is 2.10 bits per heavy atom. The van der Waals surface area contributed by atoms with Crippen molar-refractivity contribution >= 4 is 38.9 Å². The van der Waals surface area contributed by atoms with Gasteiger partial charge in [0.25, 0.3) is 5.91 Å². The highest BCUT2D eigenvalue weighted by Gasteiger charge is 2.10. The second kappa shape index (κ2) is 6.41. The molecule has 0 spiro atoms. The van der Waals surface area contributed by atoms with Crippen molar-refractivity contribution in [3.05, 3.63) is 50.1 Å². The Morgan fingerprint density at radius 3 is 2.70 bits per heavy atom. The van der Waals surface area contributed by atoms with Crippen molar-refractivity contribution in [2.45, 2.75) is 13.5 Å². The van der Waals surface area contributed by atoms with Gasteiger partial charge in [-0.3, -0.25) is 4.79 Å². The zero-order valence-corrected chi connectivity index (χ0v) is 14.1. The van der Waals surface area contributed by atoms with Crippen LogP contribution in [0.15, 0.2) is 34.1 Å². The van der Waals surface area contributed by atoms with Crippen molar-refractivity contribution in [3.8, 4) is 0 Å². The van der Waals surface area contributed by atoms with E-state index in [9.17, 15) is 4.79 Å². The van der Waals surface area contributed by atoms with E-state index in [2.05, 4.69) is 32.7 Å². The normalized spacial score (nSPS) is 10.4. The molecule has 1 heterocycles. The quantitative estimate of drug-likeness (QED) is 0.896. The molecule has 1 aromatic carbocycles. The van der Waals surface area contributed by atoms with Gasteiger partial charge in [0.05, 0.1) is 0 Å². The molecule has 2 rings (SSSR count). The van der Waals surface area contributed by atoms with Gasteiger partial charge < -0.3 is 10.2 Å². The molecule has 2 aromatic rings. The van der Waals surface area contributed by atoms with Crippen LogP contribution < -0.4 is 5.32 Å². The summed E-state index contributed by atoms with van der Waals surface area (Å²) in [4.78, 5) is 14.8. The number of thiophene rings is 1. The van der Waals surface area contributed by atoms with E-state index in [4.69, 9.17) is 0 Å². The summed E-state index contributed by atoms with van der Waals surface area (Å²) in [5.74, 6) is 0.0203. The highest BCUT2D eigenvalue weighted by molar-refractivity contribution is 9.10. The molecule has 0 aliphatic rings. The minimum absolute atomic E-state index is 0.0203. The first-order valence-electron chi connectivity index (χ1n) is 6.26. The van der Waals surface area contributed by atoms with Crippen molar-refractivity contribution < 1.29 is 4.79 Å². The van der Waals surface area contributed by atoms with Crippen molar-refractivity contribution in [1.82, 2.24) is 4.90 Å². The van der Waals surface area contributed by atoms with Gasteiger partial charge in [-0.2, -0.15) is 0 Å². The third-order valence-electron chi connectivity index (χ3n) is 2.97. The first kappa shape index (κ1) is 15.1. The van der Waals surface area contributed by atoms with Crippen LogP contribution in [0.4, 0.5) is 5.69 Å². The van der Waals surface area contributed by atoms with Crippen LogP contribution in [0.2, 0.25) is 0 Å². The molecule has 0 atom stereocenters. The number of hydrogen-bond acceptors (Lipinski definition) is 3. The van der Waals surface area contributed by atoms with Crippen molar-refractivity contribution in [2.75, 3.05) is 19.4 Å². The molecule has 0 radical (unpaired) electrons. The minimum Gasteiger partial charge on any atom is -0.380 e. The number of halogens is 1. The number of hydrogen-bond donors (Lipinski definition) is 1. The maximum absolute atomic E-state index is 12.0. The van der Waals surface area contributed by atoms with E-state index in [1.165, 1.54) is 4.88 Å². The van der Waals surface area contributed by atoms with E-state index in [0.29, 0.717) is 5.56 Å². The zero-order valence-electron chi connectivity index (χ0n) is 11.7. The topological polar surface area (TPSA) is 32.3 Å². The SMILES string of the molecule is Cc1ccc(C(=O)N(C)C)cc1NCc1cc(Br)cs1. The van der Waals surface area contributed by atoms with Crippen LogP contribution >= 0.6 is 27.3 Å². The van der Waals surface area contributed by atoms with Gasteiger partial charge in [-0.1, -0.05) is 6.07 Å². The lowest BCUT2D eigenvalue weighted by molar-refractivity contribution is 0.0827. The molecule has 0 saturated heterocycles. The molecule has 1 N–H and O–H groups in total. The van der Waals surface area contributed by atoms with Crippen LogP contribution in [-0.2, 0) is 6.54 Å². The molecule has 0 aliphatic heterocycles. The highest BCUT2D eigenvalue weighted by Crippen LogP contribution is 2.23. The van der Waals surface area contributed by atoms with Crippen LogP contribution in [0.25, 0.3) is 0 Å². The minimum atomic E-state index is 0.0203. The summed E-state index contributed by atoms with van der Waals surface area (Å²) in [5.41, 5.74) is 2.84. The van der Waals surface area contributed by atoms with Gasteiger partial charge >= 0.3 is 0 Å². The number of anilines is 1. The summed E-state index contributed by atoms with van der Waals surface area (Å²) in [6.45, 7) is 2.80. The van der Waals surface area contributed by atoms with Crippen LogP contribution in [0, 0.1) is 6.92 Å². The van der Waals surface area contributed by atoms with Crippen molar-refractivity contribution in [2.24, 2.45) is 0 Å². The van der Waals surface area contributed by atoms with E-state index in [1.807, 2.05) is 25.1 Å². The van der Waals surface area contributed by atoms with Crippen LogP contribution in [0.1, 0.15) is 20.8 Å². The predicted molar refractivity (Wildman–Crippen MR) is 88.5 cm³/mol. The fourth-order valence-electron chi connectivity index (χ4n) is 1.83. The van der Waals surface area contributed by atoms with Crippen LogP contribution in [0.3, 0.4) is 0 Å². The highest BCUT2D eigenvalue weighted by atomic mass is 79.9. The first-order valence-corrected chi connectivity index (χ1v) is 7.93. The monoisotopic (exact) mass is 352 g/mol. The Kier molecular flexibility index (Phi) is 4.83. The van der Waals surface area contributed by atoms with Crippen molar-refractivity contribution in [3.63, 3.8) is 0 Å². The second-order valence-corrected chi connectivity index (χ2v) is 6.73. The Hall–Kier alpha value is -1.33. The number of nitrogens with zero attached hydrogens (tertiary/aromatic N) is 1. The molecule has 0 unspecified atom stereocenters. The van der Waals surface area contributed by atoms with Gasteiger partial charge in [-0.15, -0.1) is 11.3 Å². The first-order chi connectivity index (χ1) is 9.47. The Bertz CT molecular complexity index is 622. The van der Waals surface area contributed by atoms with E-state index in [0.717, 1.165) is 22.3 Å². The molecular formula is C15H17BrN2OS. The third kappa shape index (κ3) is 3.61. The van der Waals surface area contributed by atoms with Gasteiger partial charge in [-0.05, 0) is 46.6 Å². The second-order valence-electron chi connectivity index (χ2n) is 4.81. The maximum Gasteiger partial charge on any atom is 0.253 e. The van der Waals surface area contributed by atoms with Crippen LogP contribution in [0.5, 0.6) is 0 Å². The summed E-state index contributed by atoms with van der Waals surface area (Å²) < 4.78 is 1.10. The number of amides is 1. The predicted octanol–water partition coefficient (Wildman–Crippen LogP) is 4.13. The summed E-state index contributed by atoms with van der Waals surface area (Å²) >= 11 is 5.16. The number of carbonyl (C=O) groups is 1. The molecular weight excluding hydrogens is 336 g/mol. The number of rotatable bonds is 4. The fraction of sp³-hybridized carbons (Fsp3) is 0.267. The van der Waals surface area contributed by atoms with Gasteiger partial charge in [0, 0.05) is 46.6 Å². The average molecular weight is 353 g/mol. The van der Waals surface area contributed by atoms with E-state index < -0.39 is 0 Å². The molecule has 3 nitrogen and oxygen atoms in total. The summed E-state index contributed by atoms with van der Waals surface area (Å²) in [5, 5.41) is 5.46. The molecule has 0 fully saturated rings. The van der Waals surface area contributed by atoms with E-state index in [-0.39, 0.29) is 5.91 Å². The Morgan fingerprint density at radius 1 is 1.35 bits per heavy atom. The molecule has 1 amide bonds. The zero-order chi connectivity index (χ0) is 14.7. The van der Waals surface area contributed by atoms with Crippen molar-refractivity contribution in [1.29, 1.82) is 0 Å². The van der Waals surface area contributed by atoms with Crippen LogP contribution in [-0.4, -0.2) is 24.9 Å². The largest absolute Gasteiger partial charge is 0.380 e. The van der Waals surface area contributed by atoms with E-state index in [1.54, 1.807) is 30.3 Å². The molecule has 0 aliphatic carbocycles. The third-order valence-corrected chi connectivity index (χ3v) is 4.66. The number of aryl methyl sites for hydroxylation is 1. The number of carbonyl (C=O) groups excluding carboxylic acids is 1. The standard InChI is InChI=1S/C15H17BrN2OS/c1-10-4-5-11(15(19)18(2)3)6-14(10)17-8-13-7-12(16)9-20-13/h4-7,9,17H,8H2,1-3H3. The summed E-state index contributed by atoms with van der Waals surface area (Å²) in [6.07, 6.45) is 0. The molecule has 20 heavy (non-hydrogen) atoms.